The number of hydrogen-bond donors (Lipinski definition) is 1. The third-order valence-corrected chi connectivity index (χ3v) is 3.64. The second-order valence-corrected chi connectivity index (χ2v) is 5.63. The van der Waals surface area contributed by atoms with Gasteiger partial charge in [0.15, 0.2) is 11.5 Å². The first-order valence-corrected chi connectivity index (χ1v) is 6.95. The van der Waals surface area contributed by atoms with Gasteiger partial charge in [0.1, 0.15) is 0 Å². The fourth-order valence-corrected chi connectivity index (χ4v) is 2.39. The van der Waals surface area contributed by atoms with Crippen LogP contribution in [-0.2, 0) is 12.6 Å². The highest BCUT2D eigenvalue weighted by Gasteiger charge is 2.21. The van der Waals surface area contributed by atoms with E-state index < -0.39 is 5.60 Å². The molecule has 0 spiro atoms. The molecule has 0 saturated carbocycles. The molecule has 0 aliphatic heterocycles. The largest absolute Gasteiger partial charge is 0.493 e. The third kappa shape index (κ3) is 2.85. The maximum atomic E-state index is 12.4. The monoisotopic (exact) mass is 303 g/mol. The predicted molar refractivity (Wildman–Crippen MR) is 85.5 cm³/mol. The molecule has 5 heteroatoms. The van der Waals surface area contributed by atoms with Crippen molar-refractivity contribution in [1.29, 1.82) is 0 Å². The molecule has 5 nitrogen and oxygen atoms in total. The van der Waals surface area contributed by atoms with Crippen LogP contribution < -0.4 is 15.0 Å². The highest BCUT2D eigenvalue weighted by atomic mass is 16.5. The standard InChI is InChI=1S/C17H21NO4/c1-17(2,20)12-7-8-13(18(3)16(12)19)11-6-9-14(21-4)15(10-11)22-5/h6-10,20H,1-5H3. The molecular weight excluding hydrogens is 282 g/mol. The quantitative estimate of drug-likeness (QED) is 0.941. The SMILES string of the molecule is COc1ccc(-c2ccc(C(C)(C)O)c(=O)n2C)cc1OC. The summed E-state index contributed by atoms with van der Waals surface area (Å²) >= 11 is 0. The molecule has 0 saturated heterocycles. The van der Waals surface area contributed by atoms with E-state index in [0.29, 0.717) is 17.1 Å². The lowest BCUT2D eigenvalue weighted by Crippen LogP contribution is -2.31. The number of benzene rings is 1. The summed E-state index contributed by atoms with van der Waals surface area (Å²) in [4.78, 5) is 12.4. The molecule has 22 heavy (non-hydrogen) atoms. The molecule has 1 heterocycles. The molecular formula is C17H21NO4. The molecule has 0 radical (unpaired) electrons. The van der Waals surface area contributed by atoms with Crippen molar-refractivity contribution in [3.8, 4) is 22.8 Å². The van der Waals surface area contributed by atoms with Gasteiger partial charge in [0.05, 0.1) is 25.5 Å². The highest BCUT2D eigenvalue weighted by molar-refractivity contribution is 5.64. The highest BCUT2D eigenvalue weighted by Crippen LogP contribution is 2.32. The van der Waals surface area contributed by atoms with Crippen LogP contribution in [0.1, 0.15) is 19.4 Å². The summed E-state index contributed by atoms with van der Waals surface area (Å²) < 4.78 is 12.0. The van der Waals surface area contributed by atoms with Crippen molar-refractivity contribution in [2.75, 3.05) is 14.2 Å². The molecule has 0 amide bonds. The van der Waals surface area contributed by atoms with E-state index in [-0.39, 0.29) is 5.56 Å². The van der Waals surface area contributed by atoms with E-state index in [1.165, 1.54) is 4.57 Å². The summed E-state index contributed by atoms with van der Waals surface area (Å²) in [7, 11) is 4.83. The number of aliphatic hydroxyl groups is 1. The molecule has 118 valence electrons. The number of methoxy groups -OCH3 is 2. The zero-order valence-electron chi connectivity index (χ0n) is 13.5. The van der Waals surface area contributed by atoms with Crippen LogP contribution in [0.3, 0.4) is 0 Å². The molecule has 0 bridgehead atoms. The molecule has 0 atom stereocenters. The number of ether oxygens (including phenoxy) is 2. The Balaban J connectivity index is 2.60. The minimum Gasteiger partial charge on any atom is -0.493 e. The summed E-state index contributed by atoms with van der Waals surface area (Å²) in [5.74, 6) is 1.23. The van der Waals surface area contributed by atoms with E-state index >= 15 is 0 Å². The van der Waals surface area contributed by atoms with Gasteiger partial charge in [-0.15, -0.1) is 0 Å². The van der Waals surface area contributed by atoms with Gasteiger partial charge in [-0.3, -0.25) is 4.79 Å². The average molecular weight is 303 g/mol. The van der Waals surface area contributed by atoms with Crippen LogP contribution in [0, 0.1) is 0 Å². The number of aromatic nitrogens is 1. The van der Waals surface area contributed by atoms with Gasteiger partial charge in [-0.05, 0) is 44.2 Å². The van der Waals surface area contributed by atoms with Crippen molar-refractivity contribution in [3.63, 3.8) is 0 Å². The summed E-state index contributed by atoms with van der Waals surface area (Å²) in [6.07, 6.45) is 0. The maximum Gasteiger partial charge on any atom is 0.256 e. The van der Waals surface area contributed by atoms with Gasteiger partial charge < -0.3 is 19.1 Å². The lowest BCUT2D eigenvalue weighted by Gasteiger charge is -2.19. The van der Waals surface area contributed by atoms with Crippen LogP contribution in [-0.4, -0.2) is 23.9 Å². The summed E-state index contributed by atoms with van der Waals surface area (Å²) in [5, 5.41) is 10.1. The van der Waals surface area contributed by atoms with Gasteiger partial charge >= 0.3 is 0 Å². The van der Waals surface area contributed by atoms with Gasteiger partial charge in [-0.2, -0.15) is 0 Å². The van der Waals surface area contributed by atoms with E-state index in [1.54, 1.807) is 47.2 Å². The molecule has 1 aromatic heterocycles. The Bertz CT molecular complexity index is 741. The number of nitrogens with zero attached hydrogens (tertiary/aromatic N) is 1. The fraction of sp³-hybridized carbons (Fsp3) is 0.353. The first-order valence-electron chi connectivity index (χ1n) is 6.95. The minimum atomic E-state index is -1.18. The van der Waals surface area contributed by atoms with Gasteiger partial charge in [0.25, 0.3) is 5.56 Å². The summed E-state index contributed by atoms with van der Waals surface area (Å²) in [6.45, 7) is 3.19. The van der Waals surface area contributed by atoms with Crippen LogP contribution in [0.15, 0.2) is 35.1 Å². The molecule has 2 aromatic rings. The first-order chi connectivity index (χ1) is 10.3. The Morgan fingerprint density at radius 1 is 1.05 bits per heavy atom. The second-order valence-electron chi connectivity index (χ2n) is 5.63. The Morgan fingerprint density at radius 2 is 1.68 bits per heavy atom. The average Bonchev–Trinajstić information content (AvgIpc) is 2.48. The topological polar surface area (TPSA) is 60.7 Å². The third-order valence-electron chi connectivity index (χ3n) is 3.64. The summed E-state index contributed by atoms with van der Waals surface area (Å²) in [5.41, 5.74) is 0.530. The van der Waals surface area contributed by atoms with Gasteiger partial charge in [-0.25, -0.2) is 0 Å². The zero-order valence-corrected chi connectivity index (χ0v) is 13.5. The van der Waals surface area contributed by atoms with E-state index in [2.05, 4.69) is 0 Å². The van der Waals surface area contributed by atoms with E-state index in [0.717, 1.165) is 11.3 Å². The van der Waals surface area contributed by atoms with Crippen molar-refractivity contribution in [1.82, 2.24) is 4.57 Å². The maximum absolute atomic E-state index is 12.4. The molecule has 2 rings (SSSR count). The fourth-order valence-electron chi connectivity index (χ4n) is 2.39. The number of pyridine rings is 1. The first kappa shape index (κ1) is 16.1. The molecule has 1 N–H and O–H groups in total. The zero-order chi connectivity index (χ0) is 16.5. The molecule has 0 aliphatic rings. The Kier molecular flexibility index (Phi) is 4.28. The van der Waals surface area contributed by atoms with Gasteiger partial charge in [-0.1, -0.05) is 0 Å². The van der Waals surface area contributed by atoms with Crippen molar-refractivity contribution >= 4 is 0 Å². The number of rotatable bonds is 4. The molecule has 0 aliphatic carbocycles. The lowest BCUT2D eigenvalue weighted by molar-refractivity contribution is 0.0766. The normalized spacial score (nSPS) is 11.4. The lowest BCUT2D eigenvalue weighted by atomic mass is 9.98. The Labute approximate surface area is 129 Å². The van der Waals surface area contributed by atoms with Gasteiger partial charge in [0.2, 0.25) is 0 Å². The Morgan fingerprint density at radius 3 is 2.23 bits per heavy atom. The van der Waals surface area contributed by atoms with Crippen LogP contribution in [0.4, 0.5) is 0 Å². The molecule has 0 unspecified atom stereocenters. The smallest absolute Gasteiger partial charge is 0.256 e. The van der Waals surface area contributed by atoms with Crippen molar-refractivity contribution in [3.05, 3.63) is 46.2 Å². The predicted octanol–water partition coefficient (Wildman–Crippen LogP) is 2.30. The van der Waals surface area contributed by atoms with Crippen molar-refractivity contribution < 1.29 is 14.6 Å². The number of hydrogen-bond acceptors (Lipinski definition) is 4. The van der Waals surface area contributed by atoms with Crippen LogP contribution >= 0.6 is 0 Å². The second kappa shape index (κ2) is 5.85. The van der Waals surface area contributed by atoms with Crippen LogP contribution in [0.5, 0.6) is 11.5 Å². The Hall–Kier alpha value is -2.27. The van der Waals surface area contributed by atoms with E-state index in [4.69, 9.17) is 9.47 Å². The molecule has 0 fully saturated rings. The van der Waals surface area contributed by atoms with E-state index in [9.17, 15) is 9.90 Å². The van der Waals surface area contributed by atoms with Gasteiger partial charge in [0, 0.05) is 18.2 Å². The van der Waals surface area contributed by atoms with Crippen molar-refractivity contribution in [2.45, 2.75) is 19.4 Å². The summed E-state index contributed by atoms with van der Waals surface area (Å²) in [6, 6.07) is 8.95. The minimum absolute atomic E-state index is 0.222. The van der Waals surface area contributed by atoms with Crippen LogP contribution in [0.25, 0.3) is 11.3 Å². The molecule has 1 aromatic carbocycles. The van der Waals surface area contributed by atoms with Crippen LogP contribution in [0.2, 0.25) is 0 Å². The van der Waals surface area contributed by atoms with Crippen molar-refractivity contribution in [2.24, 2.45) is 7.05 Å². The van der Waals surface area contributed by atoms with E-state index in [1.807, 2.05) is 18.2 Å².